The van der Waals surface area contributed by atoms with Crippen molar-refractivity contribution in [2.75, 3.05) is 5.32 Å². The molecule has 0 saturated heterocycles. The van der Waals surface area contributed by atoms with Gasteiger partial charge in [0.15, 0.2) is 5.16 Å². The molecule has 1 aromatic carbocycles. The molecule has 0 fully saturated rings. The topological polar surface area (TPSA) is 59.8 Å². The number of nitrogens with zero attached hydrogens (tertiary/aromatic N) is 3. The summed E-state index contributed by atoms with van der Waals surface area (Å²) in [7, 11) is 1.93. The molecule has 3 heterocycles. The molecule has 0 atom stereocenters. The van der Waals surface area contributed by atoms with Crippen molar-refractivity contribution in [1.29, 1.82) is 0 Å². The Bertz CT molecular complexity index is 1100. The Labute approximate surface area is 179 Å². The molecule has 4 rings (SSSR count). The highest BCUT2D eigenvalue weighted by Gasteiger charge is 2.14. The molecule has 0 unspecified atom stereocenters. The fraction of sp³-hybridized carbons (Fsp3) is 0.105. The number of amides is 1. The Morgan fingerprint density at radius 1 is 1.32 bits per heavy atom. The number of hydrogen-bond acceptors (Lipinski definition) is 6. The third-order valence-corrected chi connectivity index (χ3v) is 6.87. The normalized spacial score (nSPS) is 10.9. The summed E-state index contributed by atoms with van der Waals surface area (Å²) in [4.78, 5) is 22.4. The number of thiophene rings is 1. The molecule has 28 heavy (non-hydrogen) atoms. The first kappa shape index (κ1) is 19.2. The van der Waals surface area contributed by atoms with Gasteiger partial charge in [-0.2, -0.15) is 11.3 Å². The van der Waals surface area contributed by atoms with Gasteiger partial charge in [0.25, 0.3) is 0 Å². The van der Waals surface area contributed by atoms with Crippen molar-refractivity contribution in [2.45, 2.75) is 16.5 Å². The molecule has 0 aliphatic heterocycles. The van der Waals surface area contributed by atoms with Crippen molar-refractivity contribution in [3.05, 3.63) is 63.5 Å². The Balaban J connectivity index is 1.48. The lowest BCUT2D eigenvalue weighted by Gasteiger charge is -2.11. The third-order valence-electron chi connectivity index (χ3n) is 3.86. The lowest BCUT2D eigenvalue weighted by atomic mass is 10.2. The van der Waals surface area contributed by atoms with Crippen LogP contribution in [0.4, 0.5) is 5.69 Å². The highest BCUT2D eigenvalue weighted by Crippen LogP contribution is 2.34. The molecule has 1 amide bonds. The summed E-state index contributed by atoms with van der Waals surface area (Å²) in [5.41, 5.74) is 2.51. The van der Waals surface area contributed by atoms with Crippen molar-refractivity contribution >= 4 is 57.6 Å². The van der Waals surface area contributed by atoms with Crippen LogP contribution in [0.5, 0.6) is 0 Å². The quantitative estimate of drug-likeness (QED) is 0.419. The second-order valence-corrected chi connectivity index (χ2v) is 9.03. The van der Waals surface area contributed by atoms with Crippen molar-refractivity contribution in [2.24, 2.45) is 7.05 Å². The number of halogens is 1. The molecular formula is C19H15ClN4OS3. The van der Waals surface area contributed by atoms with Gasteiger partial charge in [-0.05, 0) is 41.4 Å². The zero-order valence-corrected chi connectivity index (χ0v) is 18.0. The maximum absolute atomic E-state index is 12.6. The number of rotatable bonds is 6. The number of aryl methyl sites for hydroxylation is 1. The second kappa shape index (κ2) is 8.48. The number of carbonyl (C=O) groups is 1. The smallest absolute Gasteiger partial charge is 0.230 e. The number of hydrogen-bond donors (Lipinski definition) is 1. The van der Waals surface area contributed by atoms with Crippen molar-refractivity contribution in [1.82, 2.24) is 14.5 Å². The predicted octanol–water partition coefficient (Wildman–Crippen LogP) is 5.59. The van der Waals surface area contributed by atoms with Crippen LogP contribution in [0.15, 0.2) is 62.9 Å². The fourth-order valence-electron chi connectivity index (χ4n) is 2.50. The monoisotopic (exact) mass is 446 g/mol. The van der Waals surface area contributed by atoms with Gasteiger partial charge in [-0.25, -0.2) is 9.97 Å². The number of aromatic nitrogens is 3. The molecule has 1 N–H and O–H groups in total. The van der Waals surface area contributed by atoms with Crippen LogP contribution in [0, 0.1) is 0 Å². The van der Waals surface area contributed by atoms with Crippen molar-refractivity contribution in [3.8, 4) is 10.6 Å². The molecule has 142 valence electrons. The van der Waals surface area contributed by atoms with Gasteiger partial charge in [-0.1, -0.05) is 11.6 Å². The predicted molar refractivity (Wildman–Crippen MR) is 117 cm³/mol. The van der Waals surface area contributed by atoms with E-state index in [1.807, 2.05) is 40.7 Å². The van der Waals surface area contributed by atoms with Crippen LogP contribution in [0.25, 0.3) is 10.6 Å². The van der Waals surface area contributed by atoms with E-state index in [1.54, 1.807) is 41.0 Å². The summed E-state index contributed by atoms with van der Waals surface area (Å²) in [6, 6.07) is 7.47. The SMILES string of the molecule is Cn1ccnc1Sc1ccc(Cl)cc1NC(=O)Cc1csc(-c2ccsc2)n1. The number of benzene rings is 1. The van der Waals surface area contributed by atoms with E-state index < -0.39 is 0 Å². The first-order chi connectivity index (χ1) is 13.6. The van der Waals surface area contributed by atoms with Gasteiger partial charge in [0.05, 0.1) is 17.8 Å². The Morgan fingerprint density at radius 2 is 2.21 bits per heavy atom. The van der Waals surface area contributed by atoms with E-state index in [9.17, 15) is 4.79 Å². The van der Waals surface area contributed by atoms with E-state index in [0.29, 0.717) is 10.7 Å². The molecule has 0 saturated carbocycles. The standard InChI is InChI=1S/C19H15ClN4OS3/c1-24-6-5-21-19(24)28-16-3-2-13(20)8-15(16)23-17(25)9-14-11-27-18(22-14)12-4-7-26-10-12/h2-8,10-11H,9H2,1H3,(H,23,25). The maximum atomic E-state index is 12.6. The zero-order valence-electron chi connectivity index (χ0n) is 14.8. The third kappa shape index (κ3) is 4.47. The summed E-state index contributed by atoms with van der Waals surface area (Å²) in [6.45, 7) is 0. The molecule has 3 aromatic heterocycles. The Morgan fingerprint density at radius 3 is 2.96 bits per heavy atom. The van der Waals surface area contributed by atoms with Crippen LogP contribution in [-0.2, 0) is 18.3 Å². The summed E-state index contributed by atoms with van der Waals surface area (Å²) >= 11 is 10.8. The van der Waals surface area contributed by atoms with Gasteiger partial charge in [-0.3, -0.25) is 4.79 Å². The number of nitrogens with one attached hydrogen (secondary N) is 1. The maximum Gasteiger partial charge on any atom is 0.230 e. The van der Waals surface area contributed by atoms with Crippen LogP contribution < -0.4 is 5.32 Å². The van der Waals surface area contributed by atoms with Crippen LogP contribution in [-0.4, -0.2) is 20.4 Å². The van der Waals surface area contributed by atoms with E-state index in [0.717, 1.165) is 26.3 Å². The molecule has 4 aromatic rings. The summed E-state index contributed by atoms with van der Waals surface area (Å²) in [5.74, 6) is -0.133. The molecule has 0 radical (unpaired) electrons. The molecule has 0 aliphatic rings. The number of anilines is 1. The highest BCUT2D eigenvalue weighted by molar-refractivity contribution is 7.99. The summed E-state index contributed by atoms with van der Waals surface area (Å²) < 4.78 is 1.92. The minimum absolute atomic E-state index is 0.133. The number of imidazole rings is 1. The van der Waals surface area contributed by atoms with Crippen molar-refractivity contribution < 1.29 is 4.79 Å². The Kier molecular flexibility index (Phi) is 5.82. The lowest BCUT2D eigenvalue weighted by Crippen LogP contribution is -2.15. The van der Waals surface area contributed by atoms with Crippen molar-refractivity contribution in [3.63, 3.8) is 0 Å². The second-order valence-electron chi connectivity index (χ2n) is 5.94. The minimum Gasteiger partial charge on any atom is -0.329 e. The molecule has 0 aliphatic carbocycles. The molecule has 0 spiro atoms. The summed E-state index contributed by atoms with van der Waals surface area (Å²) in [5, 5.41) is 11.3. The average Bonchev–Trinajstić information content (AvgIpc) is 3.40. The molecular weight excluding hydrogens is 432 g/mol. The van der Waals surface area contributed by atoms with Crippen LogP contribution in [0.3, 0.4) is 0 Å². The van der Waals surface area contributed by atoms with Gasteiger partial charge in [0, 0.05) is 45.7 Å². The number of carbonyl (C=O) groups excluding carboxylic acids is 1. The fourth-order valence-corrected chi connectivity index (χ4v) is 5.08. The molecule has 5 nitrogen and oxygen atoms in total. The zero-order chi connectivity index (χ0) is 19.5. The highest BCUT2D eigenvalue weighted by atomic mass is 35.5. The van der Waals surface area contributed by atoms with E-state index in [4.69, 9.17) is 11.6 Å². The average molecular weight is 447 g/mol. The van der Waals surface area contributed by atoms with Gasteiger partial charge in [0.1, 0.15) is 5.01 Å². The van der Waals surface area contributed by atoms with Gasteiger partial charge in [0.2, 0.25) is 5.91 Å². The van der Waals surface area contributed by atoms with E-state index in [1.165, 1.54) is 11.8 Å². The molecule has 9 heteroatoms. The largest absolute Gasteiger partial charge is 0.329 e. The molecule has 0 bridgehead atoms. The first-order valence-corrected chi connectivity index (χ1v) is 11.3. The summed E-state index contributed by atoms with van der Waals surface area (Å²) in [6.07, 6.45) is 3.83. The lowest BCUT2D eigenvalue weighted by molar-refractivity contribution is -0.115. The van der Waals surface area contributed by atoms with Crippen LogP contribution in [0.2, 0.25) is 5.02 Å². The van der Waals surface area contributed by atoms with Crippen LogP contribution in [0.1, 0.15) is 5.69 Å². The van der Waals surface area contributed by atoms with Gasteiger partial charge < -0.3 is 9.88 Å². The first-order valence-electron chi connectivity index (χ1n) is 8.30. The number of thiazole rings is 1. The minimum atomic E-state index is -0.133. The van der Waals surface area contributed by atoms with Crippen LogP contribution >= 0.6 is 46.0 Å². The van der Waals surface area contributed by atoms with E-state index in [-0.39, 0.29) is 12.3 Å². The van der Waals surface area contributed by atoms with Gasteiger partial charge >= 0.3 is 0 Å². The van der Waals surface area contributed by atoms with E-state index >= 15 is 0 Å². The van der Waals surface area contributed by atoms with Gasteiger partial charge in [-0.15, -0.1) is 11.3 Å². The van der Waals surface area contributed by atoms with E-state index in [2.05, 4.69) is 20.7 Å². The Hall–Kier alpha value is -2.13.